The summed E-state index contributed by atoms with van der Waals surface area (Å²) in [5.41, 5.74) is 1.18. The quantitative estimate of drug-likeness (QED) is 0.506. The van der Waals surface area contributed by atoms with Gasteiger partial charge in [-0.1, -0.05) is 6.07 Å². The van der Waals surface area contributed by atoms with E-state index in [1.54, 1.807) is 37.0 Å². The van der Waals surface area contributed by atoms with Gasteiger partial charge in [0, 0.05) is 18.5 Å². The summed E-state index contributed by atoms with van der Waals surface area (Å²) in [6.45, 7) is 1.04. The molecule has 2 aromatic rings. The molecule has 0 aromatic heterocycles. The Morgan fingerprint density at radius 3 is 2.59 bits per heavy atom. The van der Waals surface area contributed by atoms with Gasteiger partial charge in [0.15, 0.2) is 18.1 Å². The van der Waals surface area contributed by atoms with Crippen LogP contribution in [0.15, 0.2) is 41.3 Å². The van der Waals surface area contributed by atoms with E-state index in [1.807, 2.05) is 24.5 Å². The zero-order valence-corrected chi connectivity index (χ0v) is 17.4. The molecule has 0 aliphatic carbocycles. The van der Waals surface area contributed by atoms with Crippen LogP contribution in [0.3, 0.4) is 0 Å². The average molecular weight is 417 g/mol. The van der Waals surface area contributed by atoms with Crippen molar-refractivity contribution in [2.75, 3.05) is 40.2 Å². The van der Waals surface area contributed by atoms with E-state index in [0.29, 0.717) is 37.0 Å². The summed E-state index contributed by atoms with van der Waals surface area (Å²) < 4.78 is 21.5. The number of rotatable bonds is 7. The largest absolute Gasteiger partial charge is 0.496 e. The highest BCUT2D eigenvalue weighted by Gasteiger charge is 2.18. The van der Waals surface area contributed by atoms with E-state index < -0.39 is 5.97 Å². The molecular weight excluding hydrogens is 394 g/mol. The smallest absolute Gasteiger partial charge is 0.342 e. The first kappa shape index (κ1) is 20.9. The highest BCUT2D eigenvalue weighted by Crippen LogP contribution is 2.31. The van der Waals surface area contributed by atoms with Crippen molar-refractivity contribution in [3.05, 3.63) is 47.5 Å². The number of likely N-dealkylation sites (N-methyl/N-ethyl adjacent to an activating group) is 1. The Labute approximate surface area is 173 Å². The second-order valence-electron chi connectivity index (χ2n) is 6.37. The topological polar surface area (TPSA) is 74.3 Å². The molecule has 2 aromatic carbocycles. The number of methoxy groups -OCH3 is 1. The summed E-state index contributed by atoms with van der Waals surface area (Å²) in [6, 6.07) is 10.8. The van der Waals surface area contributed by atoms with Gasteiger partial charge in [-0.25, -0.2) is 4.79 Å². The Balaban J connectivity index is 1.57. The van der Waals surface area contributed by atoms with Gasteiger partial charge in [0.2, 0.25) is 0 Å². The van der Waals surface area contributed by atoms with Gasteiger partial charge in [0.1, 0.15) is 24.5 Å². The van der Waals surface area contributed by atoms with Crippen LogP contribution >= 0.6 is 11.8 Å². The molecule has 8 heteroatoms. The summed E-state index contributed by atoms with van der Waals surface area (Å²) >= 11 is 1.54. The average Bonchev–Trinajstić information content (AvgIpc) is 2.76. The molecule has 0 bridgehead atoms. The van der Waals surface area contributed by atoms with Crippen molar-refractivity contribution in [3.63, 3.8) is 0 Å². The summed E-state index contributed by atoms with van der Waals surface area (Å²) in [4.78, 5) is 27.2. The number of hydrogen-bond donors (Lipinski definition) is 0. The Kier molecular flexibility index (Phi) is 6.87. The van der Waals surface area contributed by atoms with Crippen LogP contribution in [-0.4, -0.2) is 57.0 Å². The molecule has 7 nitrogen and oxygen atoms in total. The first-order valence-electron chi connectivity index (χ1n) is 9.03. The molecule has 0 unspecified atom stereocenters. The van der Waals surface area contributed by atoms with E-state index in [0.717, 1.165) is 10.5 Å². The maximum absolute atomic E-state index is 12.4. The van der Waals surface area contributed by atoms with Crippen LogP contribution in [0.25, 0.3) is 0 Å². The molecule has 0 atom stereocenters. The highest BCUT2D eigenvalue weighted by atomic mass is 32.2. The number of thioether (sulfide) groups is 1. The number of benzene rings is 2. The number of ether oxygens (including phenoxy) is 4. The molecule has 154 valence electrons. The number of fused-ring (bicyclic) bond motifs is 1. The summed E-state index contributed by atoms with van der Waals surface area (Å²) in [5, 5.41) is 0. The highest BCUT2D eigenvalue weighted by molar-refractivity contribution is 7.98. The van der Waals surface area contributed by atoms with Crippen LogP contribution in [0.4, 0.5) is 0 Å². The Morgan fingerprint density at radius 2 is 1.86 bits per heavy atom. The van der Waals surface area contributed by atoms with Gasteiger partial charge in [-0.05, 0) is 42.2 Å². The first-order valence-corrected chi connectivity index (χ1v) is 10.3. The molecule has 0 saturated heterocycles. The zero-order valence-electron chi connectivity index (χ0n) is 16.6. The van der Waals surface area contributed by atoms with E-state index in [-0.39, 0.29) is 18.1 Å². The summed E-state index contributed by atoms with van der Waals surface area (Å²) in [7, 11) is 3.14. The van der Waals surface area contributed by atoms with Crippen molar-refractivity contribution in [3.8, 4) is 17.2 Å². The number of amides is 1. The van der Waals surface area contributed by atoms with Crippen molar-refractivity contribution in [1.82, 2.24) is 4.90 Å². The van der Waals surface area contributed by atoms with E-state index in [1.165, 1.54) is 12.0 Å². The van der Waals surface area contributed by atoms with Crippen molar-refractivity contribution < 1.29 is 28.5 Å². The molecule has 0 radical (unpaired) electrons. The lowest BCUT2D eigenvalue weighted by molar-refractivity contribution is -0.133. The van der Waals surface area contributed by atoms with Crippen LogP contribution in [0.5, 0.6) is 17.2 Å². The summed E-state index contributed by atoms with van der Waals surface area (Å²) in [5.74, 6) is 0.869. The Hall–Kier alpha value is -2.87. The summed E-state index contributed by atoms with van der Waals surface area (Å²) in [6.07, 6.45) is 1.93. The van der Waals surface area contributed by atoms with Gasteiger partial charge in [0.25, 0.3) is 5.91 Å². The minimum Gasteiger partial charge on any atom is -0.496 e. The molecule has 29 heavy (non-hydrogen) atoms. The van der Waals surface area contributed by atoms with Crippen molar-refractivity contribution >= 4 is 23.6 Å². The van der Waals surface area contributed by atoms with Crippen molar-refractivity contribution in [2.24, 2.45) is 0 Å². The Morgan fingerprint density at radius 1 is 1.10 bits per heavy atom. The number of esters is 1. The maximum atomic E-state index is 12.4. The molecule has 1 amide bonds. The normalized spacial score (nSPS) is 12.2. The van der Waals surface area contributed by atoms with Crippen molar-refractivity contribution in [2.45, 2.75) is 11.4 Å². The van der Waals surface area contributed by atoms with Gasteiger partial charge in [-0.15, -0.1) is 11.8 Å². The monoisotopic (exact) mass is 417 g/mol. The van der Waals surface area contributed by atoms with Crippen LogP contribution in [0.2, 0.25) is 0 Å². The molecule has 1 aliphatic rings. The number of hydrogen-bond acceptors (Lipinski definition) is 7. The fourth-order valence-electron chi connectivity index (χ4n) is 2.83. The standard InChI is InChI=1S/C21H23NO6S/c1-22(12-14-4-7-17-19(10-14)27-9-8-26-17)20(23)13-28-21(24)16-6-5-15(29-3)11-18(16)25-2/h4-7,10-11H,8-9,12-13H2,1-3H3. The molecule has 0 saturated carbocycles. The van der Waals surface area contributed by atoms with E-state index in [9.17, 15) is 9.59 Å². The molecular formula is C21H23NO6S. The predicted octanol–water partition coefficient (Wildman–Crippen LogP) is 3.00. The van der Waals surface area contributed by atoms with E-state index in [2.05, 4.69) is 0 Å². The van der Waals surface area contributed by atoms with Gasteiger partial charge in [0.05, 0.1) is 7.11 Å². The minimum absolute atomic E-state index is 0.285. The minimum atomic E-state index is -0.601. The van der Waals surface area contributed by atoms with Crippen LogP contribution in [0.1, 0.15) is 15.9 Å². The lowest BCUT2D eigenvalue weighted by Crippen LogP contribution is -2.31. The predicted molar refractivity (Wildman–Crippen MR) is 109 cm³/mol. The second kappa shape index (κ2) is 9.56. The second-order valence-corrected chi connectivity index (χ2v) is 7.25. The lowest BCUT2D eigenvalue weighted by Gasteiger charge is -2.21. The SMILES string of the molecule is COc1cc(SC)ccc1C(=O)OCC(=O)N(C)Cc1ccc2c(c1)OCCO2. The third kappa shape index (κ3) is 5.14. The van der Waals surface area contributed by atoms with E-state index >= 15 is 0 Å². The van der Waals surface area contributed by atoms with Crippen molar-refractivity contribution in [1.29, 1.82) is 0 Å². The van der Waals surface area contributed by atoms with Gasteiger partial charge in [-0.2, -0.15) is 0 Å². The Bertz CT molecular complexity index is 901. The van der Waals surface area contributed by atoms with Crippen LogP contribution in [0, 0.1) is 0 Å². The third-order valence-electron chi connectivity index (χ3n) is 4.41. The van der Waals surface area contributed by atoms with Gasteiger partial charge in [-0.3, -0.25) is 4.79 Å². The molecule has 0 fully saturated rings. The molecule has 1 heterocycles. The van der Waals surface area contributed by atoms with Gasteiger partial charge >= 0.3 is 5.97 Å². The fraction of sp³-hybridized carbons (Fsp3) is 0.333. The third-order valence-corrected chi connectivity index (χ3v) is 5.13. The first-order chi connectivity index (χ1) is 14.0. The lowest BCUT2D eigenvalue weighted by atomic mass is 10.2. The van der Waals surface area contributed by atoms with Crippen LogP contribution < -0.4 is 14.2 Å². The number of carbonyl (C=O) groups is 2. The number of nitrogens with zero attached hydrogens (tertiary/aromatic N) is 1. The van der Waals surface area contributed by atoms with Crippen LogP contribution in [-0.2, 0) is 16.1 Å². The molecule has 0 spiro atoms. The van der Waals surface area contributed by atoms with Gasteiger partial charge < -0.3 is 23.8 Å². The zero-order chi connectivity index (χ0) is 20.8. The van der Waals surface area contributed by atoms with E-state index in [4.69, 9.17) is 18.9 Å². The maximum Gasteiger partial charge on any atom is 0.342 e. The molecule has 0 N–H and O–H groups in total. The number of carbonyl (C=O) groups excluding carboxylic acids is 2. The molecule has 3 rings (SSSR count). The molecule has 1 aliphatic heterocycles. The fourth-order valence-corrected chi connectivity index (χ4v) is 3.26.